The van der Waals surface area contributed by atoms with Gasteiger partial charge in [-0.15, -0.1) is 11.3 Å². The Morgan fingerprint density at radius 3 is 2.64 bits per heavy atom. The highest BCUT2D eigenvalue weighted by Crippen LogP contribution is 2.35. The summed E-state index contributed by atoms with van der Waals surface area (Å²) in [5.41, 5.74) is 3.62. The Labute approximate surface area is 232 Å². The average Bonchev–Trinajstić information content (AvgIpc) is 3.25. The zero-order valence-corrected chi connectivity index (χ0v) is 22.5. The quantitative estimate of drug-likeness (QED) is 0.248. The number of hydrogen-bond donors (Lipinski definition) is 3. The Bertz CT molecular complexity index is 1380. The summed E-state index contributed by atoms with van der Waals surface area (Å²) in [5, 5.41) is 17.9. The monoisotopic (exact) mass is 578 g/mol. The largest absolute Gasteiger partial charge is 0.417 e. The number of aryl methyl sites for hydroxylation is 1. The maximum Gasteiger partial charge on any atom is 0.417 e. The van der Waals surface area contributed by atoms with Crippen LogP contribution in [0.5, 0.6) is 0 Å². The van der Waals surface area contributed by atoms with Gasteiger partial charge < -0.3 is 10.4 Å². The number of halogens is 4. The number of carbonyl (C=O) groups is 2. The van der Waals surface area contributed by atoms with Gasteiger partial charge in [0.2, 0.25) is 0 Å². The number of aliphatic hydroxyl groups is 1. The van der Waals surface area contributed by atoms with E-state index in [0.717, 1.165) is 49.8 Å². The fraction of sp³-hybridized carbons (Fsp3) is 0.296. The Hall–Kier alpha value is -3.25. The second-order valence-corrected chi connectivity index (χ2v) is 10.5. The van der Waals surface area contributed by atoms with Gasteiger partial charge in [0.25, 0.3) is 11.8 Å². The molecule has 12 heteroatoms. The minimum atomic E-state index is -4.62. The number of rotatable bonds is 7. The molecule has 0 saturated carbocycles. The van der Waals surface area contributed by atoms with Crippen LogP contribution in [-0.4, -0.2) is 47.2 Å². The van der Waals surface area contributed by atoms with Crippen LogP contribution in [-0.2, 0) is 12.7 Å². The van der Waals surface area contributed by atoms with Gasteiger partial charge in [-0.25, -0.2) is 5.43 Å². The minimum absolute atomic E-state index is 0.100. The normalized spacial score (nSPS) is 15.0. The molecule has 1 aromatic heterocycles. The lowest BCUT2D eigenvalue weighted by Gasteiger charge is -2.29. The number of anilines is 1. The number of hydrogen-bond acceptors (Lipinski definition) is 6. The van der Waals surface area contributed by atoms with E-state index in [2.05, 4.69) is 20.7 Å². The molecular formula is C27H26ClF3N4O3S. The van der Waals surface area contributed by atoms with Crippen LogP contribution in [0.4, 0.5) is 18.2 Å². The van der Waals surface area contributed by atoms with Crippen molar-refractivity contribution in [2.75, 3.05) is 18.4 Å². The molecule has 206 valence electrons. The van der Waals surface area contributed by atoms with E-state index in [1.165, 1.54) is 17.4 Å². The molecule has 4 rings (SSSR count). The van der Waals surface area contributed by atoms with Crippen molar-refractivity contribution in [1.82, 2.24) is 10.3 Å². The Morgan fingerprint density at radius 2 is 1.92 bits per heavy atom. The van der Waals surface area contributed by atoms with E-state index < -0.39 is 22.7 Å². The molecule has 1 aliphatic rings. The summed E-state index contributed by atoms with van der Waals surface area (Å²) >= 11 is 6.81. The highest BCUT2D eigenvalue weighted by Gasteiger charge is 2.33. The van der Waals surface area contributed by atoms with Crippen molar-refractivity contribution in [2.24, 2.45) is 5.10 Å². The van der Waals surface area contributed by atoms with Crippen molar-refractivity contribution in [3.05, 3.63) is 86.2 Å². The highest BCUT2D eigenvalue weighted by atomic mass is 35.5. The van der Waals surface area contributed by atoms with E-state index in [1.54, 1.807) is 30.5 Å². The highest BCUT2D eigenvalue weighted by molar-refractivity contribution is 7.15. The number of thiophene rings is 1. The van der Waals surface area contributed by atoms with Crippen molar-refractivity contribution in [3.63, 3.8) is 0 Å². The molecule has 1 aliphatic heterocycles. The first kappa shape index (κ1) is 28.8. The predicted octanol–water partition coefficient (Wildman–Crippen LogP) is 5.70. The second-order valence-electron chi connectivity index (χ2n) is 9.22. The molecule has 2 aromatic carbocycles. The Balaban J connectivity index is 1.41. The van der Waals surface area contributed by atoms with Crippen molar-refractivity contribution in [3.8, 4) is 0 Å². The molecule has 0 bridgehead atoms. The summed E-state index contributed by atoms with van der Waals surface area (Å²) in [4.78, 5) is 28.1. The van der Waals surface area contributed by atoms with E-state index in [0.29, 0.717) is 22.7 Å². The number of carbonyl (C=O) groups excluding carboxylic acids is 2. The number of aliphatic hydroxyl groups excluding tert-OH is 1. The van der Waals surface area contributed by atoms with Gasteiger partial charge in [0.15, 0.2) is 0 Å². The molecule has 3 N–H and O–H groups in total. The van der Waals surface area contributed by atoms with Crippen LogP contribution in [0.1, 0.15) is 55.8 Å². The maximum atomic E-state index is 13.1. The minimum Gasteiger partial charge on any atom is -0.393 e. The zero-order valence-electron chi connectivity index (χ0n) is 20.9. The number of likely N-dealkylation sites (tertiary alicyclic amines) is 1. The first-order valence-corrected chi connectivity index (χ1v) is 13.4. The molecule has 39 heavy (non-hydrogen) atoms. The molecule has 2 amide bonds. The van der Waals surface area contributed by atoms with Gasteiger partial charge in [-0.2, -0.15) is 18.3 Å². The van der Waals surface area contributed by atoms with E-state index >= 15 is 0 Å². The zero-order chi connectivity index (χ0) is 28.2. The first-order valence-electron chi connectivity index (χ1n) is 12.1. The number of nitrogens with zero attached hydrogens (tertiary/aromatic N) is 2. The van der Waals surface area contributed by atoms with Crippen LogP contribution in [0.25, 0.3) is 0 Å². The lowest BCUT2D eigenvalue weighted by molar-refractivity contribution is -0.137. The van der Waals surface area contributed by atoms with Gasteiger partial charge in [-0.05, 0) is 66.1 Å². The first-order chi connectivity index (χ1) is 18.5. The van der Waals surface area contributed by atoms with Gasteiger partial charge in [-0.3, -0.25) is 14.5 Å². The molecule has 0 unspecified atom stereocenters. The number of nitrogens with one attached hydrogen (secondary N) is 2. The van der Waals surface area contributed by atoms with Gasteiger partial charge in [0.1, 0.15) is 5.00 Å². The van der Waals surface area contributed by atoms with Gasteiger partial charge in [0, 0.05) is 25.2 Å². The van der Waals surface area contributed by atoms with Crippen LogP contribution in [0.15, 0.2) is 52.9 Å². The smallest absolute Gasteiger partial charge is 0.393 e. The molecule has 2 heterocycles. The van der Waals surface area contributed by atoms with Crippen molar-refractivity contribution >= 4 is 46.0 Å². The van der Waals surface area contributed by atoms with Crippen molar-refractivity contribution in [1.29, 1.82) is 0 Å². The van der Waals surface area contributed by atoms with Crippen LogP contribution in [0.3, 0.4) is 0 Å². The van der Waals surface area contributed by atoms with Crippen LogP contribution >= 0.6 is 22.9 Å². The fourth-order valence-electron chi connectivity index (χ4n) is 4.20. The maximum absolute atomic E-state index is 13.1. The number of hydrazone groups is 1. The summed E-state index contributed by atoms with van der Waals surface area (Å²) in [6.45, 7) is 3.94. The van der Waals surface area contributed by atoms with E-state index in [4.69, 9.17) is 11.6 Å². The van der Waals surface area contributed by atoms with Gasteiger partial charge >= 0.3 is 6.18 Å². The molecule has 1 fully saturated rings. The Morgan fingerprint density at radius 1 is 1.18 bits per heavy atom. The third-order valence-corrected chi connectivity index (χ3v) is 7.60. The van der Waals surface area contributed by atoms with Crippen molar-refractivity contribution < 1.29 is 27.9 Å². The van der Waals surface area contributed by atoms with Gasteiger partial charge in [-0.1, -0.05) is 29.8 Å². The third kappa shape index (κ3) is 7.45. The van der Waals surface area contributed by atoms with E-state index in [-0.39, 0.29) is 23.1 Å². The molecular weight excluding hydrogens is 553 g/mol. The van der Waals surface area contributed by atoms with E-state index in [1.807, 2.05) is 6.07 Å². The van der Waals surface area contributed by atoms with Crippen LogP contribution in [0, 0.1) is 6.92 Å². The summed E-state index contributed by atoms with van der Waals surface area (Å²) in [5.74, 6) is -1.00. The van der Waals surface area contributed by atoms with Gasteiger partial charge in [0.05, 0.1) is 28.5 Å². The number of benzene rings is 2. The van der Waals surface area contributed by atoms with Crippen LogP contribution in [0.2, 0.25) is 5.02 Å². The second kappa shape index (κ2) is 12.3. The van der Waals surface area contributed by atoms with E-state index in [9.17, 15) is 27.9 Å². The number of alkyl halides is 3. The fourth-order valence-corrected chi connectivity index (χ4v) is 5.36. The lowest BCUT2D eigenvalue weighted by Crippen LogP contribution is -2.35. The summed E-state index contributed by atoms with van der Waals surface area (Å²) in [6.07, 6.45) is -2.36. The molecule has 0 spiro atoms. The topological polar surface area (TPSA) is 94.0 Å². The SMILES string of the molecule is Cc1csc(NC(=O)c2cccc(CN3CCC(O)CC3)c2)c1C(=O)NN=Cc1ccc(Cl)c(C(F)(F)F)c1. The summed E-state index contributed by atoms with van der Waals surface area (Å²) in [7, 11) is 0. The third-order valence-electron chi connectivity index (χ3n) is 6.26. The molecule has 7 nitrogen and oxygen atoms in total. The molecule has 0 atom stereocenters. The summed E-state index contributed by atoms with van der Waals surface area (Å²) < 4.78 is 39.2. The Kier molecular flexibility index (Phi) is 9.06. The standard InChI is InChI=1S/C27H26ClF3N4O3S/c1-16-15-39-26(23(16)25(38)34-32-13-17-5-6-22(28)21(12-17)27(29,30)31)33-24(37)19-4-2-3-18(11-19)14-35-9-7-20(36)8-10-35/h2-6,11-13,15,20,36H,7-10,14H2,1H3,(H,33,37)(H,34,38). The predicted molar refractivity (Wildman–Crippen MR) is 145 cm³/mol. The van der Waals surface area contributed by atoms with Crippen LogP contribution < -0.4 is 10.7 Å². The average molecular weight is 579 g/mol. The van der Waals surface area contributed by atoms with Crippen molar-refractivity contribution in [2.45, 2.75) is 38.6 Å². The molecule has 0 aliphatic carbocycles. The molecule has 1 saturated heterocycles. The number of piperidine rings is 1. The molecule has 3 aromatic rings. The number of amides is 2. The summed E-state index contributed by atoms with van der Waals surface area (Å²) in [6, 6.07) is 10.5. The molecule has 0 radical (unpaired) electrons. The lowest BCUT2D eigenvalue weighted by atomic mass is 10.1.